The molecule has 0 unspecified atom stereocenters. The zero-order valence-corrected chi connectivity index (χ0v) is 13.7. The fraction of sp³-hybridized carbons (Fsp3) is 0.412. The molecule has 1 aliphatic carbocycles. The van der Waals surface area contributed by atoms with E-state index in [2.05, 4.69) is 21.9 Å². The topological polar surface area (TPSA) is 70.2 Å². The molecule has 0 spiro atoms. The minimum absolute atomic E-state index is 0.106. The fourth-order valence-corrected chi connectivity index (χ4v) is 3.73. The van der Waals surface area contributed by atoms with Gasteiger partial charge in [0.25, 0.3) is 0 Å². The zero-order chi connectivity index (χ0) is 16.5. The van der Waals surface area contributed by atoms with Gasteiger partial charge in [-0.1, -0.05) is 30.9 Å². The van der Waals surface area contributed by atoms with Gasteiger partial charge in [-0.2, -0.15) is 0 Å². The van der Waals surface area contributed by atoms with Crippen molar-refractivity contribution in [2.45, 2.75) is 35.8 Å². The third-order valence-electron chi connectivity index (χ3n) is 3.53. The number of carbonyl (C=O) groups excluding carboxylic acids is 2. The van der Waals surface area contributed by atoms with Gasteiger partial charge in [0, 0.05) is 10.1 Å². The van der Waals surface area contributed by atoms with Crippen LogP contribution >= 0.6 is 11.8 Å². The first-order valence-corrected chi connectivity index (χ1v) is 8.57. The van der Waals surface area contributed by atoms with Crippen LogP contribution in [-0.2, 0) is 4.79 Å². The molecule has 0 aromatic heterocycles. The standard InChI is InChI=1S/C17H21N3O2S/c1-2-11-18-16(21)12-19-17(22)20-14-9-5-6-10-15(14)23-13-7-3-4-8-13/h1,5-6,9-10,13H,3-4,7-8,11-12H2,(H,18,21)(H2,19,20,22). The smallest absolute Gasteiger partial charge is 0.319 e. The van der Waals surface area contributed by atoms with E-state index in [1.165, 1.54) is 25.7 Å². The number of hydrogen-bond donors (Lipinski definition) is 3. The van der Waals surface area contributed by atoms with E-state index in [-0.39, 0.29) is 19.0 Å². The summed E-state index contributed by atoms with van der Waals surface area (Å²) < 4.78 is 0. The van der Waals surface area contributed by atoms with Crippen LogP contribution in [0, 0.1) is 12.3 Å². The van der Waals surface area contributed by atoms with Gasteiger partial charge in [-0.3, -0.25) is 4.79 Å². The van der Waals surface area contributed by atoms with Crippen molar-refractivity contribution in [3.63, 3.8) is 0 Å². The van der Waals surface area contributed by atoms with E-state index in [4.69, 9.17) is 6.42 Å². The van der Waals surface area contributed by atoms with Crippen LogP contribution in [0.15, 0.2) is 29.2 Å². The lowest BCUT2D eigenvalue weighted by molar-refractivity contribution is -0.119. The maximum absolute atomic E-state index is 11.9. The van der Waals surface area contributed by atoms with Crippen molar-refractivity contribution >= 4 is 29.4 Å². The number of para-hydroxylation sites is 1. The van der Waals surface area contributed by atoms with Crippen LogP contribution in [0.1, 0.15) is 25.7 Å². The van der Waals surface area contributed by atoms with Crippen LogP contribution in [0.2, 0.25) is 0 Å². The molecule has 1 fully saturated rings. The van der Waals surface area contributed by atoms with Crippen LogP contribution in [0.3, 0.4) is 0 Å². The minimum atomic E-state index is -0.402. The first kappa shape index (κ1) is 17.2. The van der Waals surface area contributed by atoms with Crippen LogP contribution in [0.25, 0.3) is 0 Å². The van der Waals surface area contributed by atoms with Crippen LogP contribution < -0.4 is 16.0 Å². The van der Waals surface area contributed by atoms with Crippen molar-refractivity contribution < 1.29 is 9.59 Å². The number of amides is 3. The predicted molar refractivity (Wildman–Crippen MR) is 93.4 cm³/mol. The molecule has 1 saturated carbocycles. The molecule has 1 aliphatic rings. The van der Waals surface area contributed by atoms with E-state index in [9.17, 15) is 9.59 Å². The van der Waals surface area contributed by atoms with Gasteiger partial charge in [-0.05, 0) is 25.0 Å². The van der Waals surface area contributed by atoms with E-state index in [0.717, 1.165) is 10.6 Å². The quantitative estimate of drug-likeness (QED) is 0.702. The van der Waals surface area contributed by atoms with Crippen molar-refractivity contribution in [1.29, 1.82) is 0 Å². The molecule has 2 rings (SSSR count). The molecule has 3 N–H and O–H groups in total. The van der Waals surface area contributed by atoms with E-state index < -0.39 is 6.03 Å². The van der Waals surface area contributed by atoms with Crippen molar-refractivity contribution in [2.24, 2.45) is 0 Å². The molecular formula is C17H21N3O2S. The Labute approximate surface area is 141 Å². The number of carbonyl (C=O) groups is 2. The minimum Gasteiger partial charge on any atom is -0.344 e. The van der Waals surface area contributed by atoms with E-state index in [1.54, 1.807) is 0 Å². The average Bonchev–Trinajstić information content (AvgIpc) is 3.06. The van der Waals surface area contributed by atoms with Gasteiger partial charge in [-0.15, -0.1) is 18.2 Å². The zero-order valence-electron chi connectivity index (χ0n) is 12.9. The van der Waals surface area contributed by atoms with Crippen molar-refractivity contribution in [3.8, 4) is 12.3 Å². The van der Waals surface area contributed by atoms with E-state index >= 15 is 0 Å². The molecule has 23 heavy (non-hydrogen) atoms. The SMILES string of the molecule is C#CCNC(=O)CNC(=O)Nc1ccccc1SC1CCCC1. The fourth-order valence-electron chi connectivity index (χ4n) is 2.40. The number of thioether (sulfide) groups is 1. The number of terminal acetylenes is 1. The van der Waals surface area contributed by atoms with Gasteiger partial charge in [0.2, 0.25) is 5.91 Å². The number of benzene rings is 1. The Hall–Kier alpha value is -2.13. The molecule has 6 heteroatoms. The third-order valence-corrected chi connectivity index (χ3v) is 4.94. The second-order valence-corrected chi connectivity index (χ2v) is 6.65. The largest absolute Gasteiger partial charge is 0.344 e. The van der Waals surface area contributed by atoms with Gasteiger partial charge >= 0.3 is 6.03 Å². The molecule has 0 aliphatic heterocycles. The Morgan fingerprint density at radius 1 is 1.22 bits per heavy atom. The molecule has 0 saturated heterocycles. The molecule has 0 bridgehead atoms. The van der Waals surface area contributed by atoms with Crippen molar-refractivity contribution in [2.75, 3.05) is 18.4 Å². The Morgan fingerprint density at radius 2 is 1.96 bits per heavy atom. The summed E-state index contributed by atoms with van der Waals surface area (Å²) >= 11 is 1.81. The molecule has 1 aromatic carbocycles. The lowest BCUT2D eigenvalue weighted by atomic mass is 10.3. The molecule has 0 atom stereocenters. The first-order valence-electron chi connectivity index (χ1n) is 7.69. The third kappa shape index (κ3) is 5.87. The Balaban J connectivity index is 1.85. The summed E-state index contributed by atoms with van der Waals surface area (Å²) in [6.07, 6.45) is 10.1. The summed E-state index contributed by atoms with van der Waals surface area (Å²) in [5, 5.41) is 8.44. The molecule has 3 amide bonds. The Morgan fingerprint density at radius 3 is 2.70 bits per heavy atom. The molecule has 122 valence electrons. The van der Waals surface area contributed by atoms with Gasteiger partial charge in [0.1, 0.15) is 0 Å². The van der Waals surface area contributed by atoms with Gasteiger partial charge in [-0.25, -0.2) is 4.79 Å². The Bertz CT molecular complexity index is 592. The monoisotopic (exact) mass is 331 g/mol. The lowest BCUT2D eigenvalue weighted by Crippen LogP contribution is -2.39. The second-order valence-electron chi connectivity index (χ2n) is 5.31. The van der Waals surface area contributed by atoms with Crippen molar-refractivity contribution in [1.82, 2.24) is 10.6 Å². The molecule has 1 aromatic rings. The normalized spacial score (nSPS) is 14.0. The number of hydrogen-bond acceptors (Lipinski definition) is 3. The predicted octanol–water partition coefficient (Wildman–Crippen LogP) is 2.59. The maximum Gasteiger partial charge on any atom is 0.319 e. The highest BCUT2D eigenvalue weighted by Gasteiger charge is 2.18. The maximum atomic E-state index is 11.9. The molecule has 0 heterocycles. The molecular weight excluding hydrogens is 310 g/mol. The van der Waals surface area contributed by atoms with Gasteiger partial charge < -0.3 is 16.0 Å². The lowest BCUT2D eigenvalue weighted by Gasteiger charge is -2.14. The summed E-state index contributed by atoms with van der Waals surface area (Å²) in [5.74, 6) is 1.99. The Kier molecular flexibility index (Phi) is 6.82. The highest BCUT2D eigenvalue weighted by molar-refractivity contribution is 8.00. The highest BCUT2D eigenvalue weighted by Crippen LogP contribution is 2.37. The number of nitrogens with one attached hydrogen (secondary N) is 3. The number of rotatable bonds is 6. The number of urea groups is 1. The number of anilines is 1. The first-order chi connectivity index (χ1) is 11.2. The summed E-state index contributed by atoms with van der Waals surface area (Å²) in [4.78, 5) is 24.4. The van der Waals surface area contributed by atoms with Crippen LogP contribution in [0.5, 0.6) is 0 Å². The summed E-state index contributed by atoms with van der Waals surface area (Å²) in [6.45, 7) is 0.0500. The second kappa shape index (κ2) is 9.11. The van der Waals surface area contributed by atoms with Crippen LogP contribution in [-0.4, -0.2) is 30.3 Å². The van der Waals surface area contributed by atoms with E-state index in [1.807, 2.05) is 36.0 Å². The van der Waals surface area contributed by atoms with Gasteiger partial charge in [0.15, 0.2) is 0 Å². The average molecular weight is 331 g/mol. The van der Waals surface area contributed by atoms with Crippen molar-refractivity contribution in [3.05, 3.63) is 24.3 Å². The molecule has 5 nitrogen and oxygen atoms in total. The highest BCUT2D eigenvalue weighted by atomic mass is 32.2. The summed E-state index contributed by atoms with van der Waals surface area (Å²) in [5.41, 5.74) is 0.769. The van der Waals surface area contributed by atoms with E-state index in [0.29, 0.717) is 5.25 Å². The van der Waals surface area contributed by atoms with Crippen LogP contribution in [0.4, 0.5) is 10.5 Å². The van der Waals surface area contributed by atoms with Gasteiger partial charge in [0.05, 0.1) is 18.8 Å². The molecule has 0 radical (unpaired) electrons. The summed E-state index contributed by atoms with van der Waals surface area (Å²) in [6, 6.07) is 7.33. The summed E-state index contributed by atoms with van der Waals surface area (Å²) in [7, 11) is 0.